The molecule has 1 heterocycles. The van der Waals surface area contributed by atoms with Crippen LogP contribution in [0.4, 0.5) is 0 Å². The van der Waals surface area contributed by atoms with Gasteiger partial charge in [0.25, 0.3) is 5.91 Å². The minimum Gasteiger partial charge on any atom is -0.390 e. The van der Waals surface area contributed by atoms with Crippen LogP contribution < -0.4 is 5.32 Å². The molecular formula is C20H29NO3. The first kappa shape index (κ1) is 17.4. The maximum absolute atomic E-state index is 12.4. The fourth-order valence-electron chi connectivity index (χ4n) is 3.85. The second-order valence-corrected chi connectivity index (χ2v) is 8.08. The van der Waals surface area contributed by atoms with E-state index >= 15 is 0 Å². The molecule has 1 aromatic rings. The number of nitrogens with one attached hydrogen (secondary N) is 1. The fraction of sp³-hybridized carbons (Fsp3) is 0.650. The lowest BCUT2D eigenvalue weighted by molar-refractivity contribution is 0.00987. The van der Waals surface area contributed by atoms with E-state index in [-0.39, 0.29) is 17.6 Å². The predicted molar refractivity (Wildman–Crippen MR) is 94.1 cm³/mol. The molecule has 3 rings (SSSR count). The Morgan fingerprint density at radius 1 is 1.29 bits per heavy atom. The molecule has 1 aromatic carbocycles. The topological polar surface area (TPSA) is 58.6 Å². The summed E-state index contributed by atoms with van der Waals surface area (Å²) in [5.41, 5.74) is 1.21. The van der Waals surface area contributed by atoms with Crippen LogP contribution in [0.3, 0.4) is 0 Å². The minimum atomic E-state index is -0.658. The number of aliphatic hydroxyl groups is 1. The van der Waals surface area contributed by atoms with Crippen LogP contribution in [0.5, 0.6) is 0 Å². The highest BCUT2D eigenvalue weighted by Gasteiger charge is 2.42. The molecule has 1 atom stereocenters. The highest BCUT2D eigenvalue weighted by molar-refractivity contribution is 5.94. The lowest BCUT2D eigenvalue weighted by Gasteiger charge is -2.21. The van der Waals surface area contributed by atoms with E-state index in [1.165, 1.54) is 12.8 Å². The lowest BCUT2D eigenvalue weighted by atomic mass is 9.96. The maximum atomic E-state index is 12.4. The van der Waals surface area contributed by atoms with Crippen molar-refractivity contribution in [1.29, 1.82) is 0 Å². The Bertz CT molecular complexity index is 568. The van der Waals surface area contributed by atoms with Gasteiger partial charge in [-0.05, 0) is 63.6 Å². The third-order valence-electron chi connectivity index (χ3n) is 5.30. The molecule has 132 valence electrons. The Morgan fingerprint density at radius 3 is 2.58 bits per heavy atom. The van der Waals surface area contributed by atoms with Crippen molar-refractivity contribution in [3.63, 3.8) is 0 Å². The molecule has 4 nitrogen and oxygen atoms in total. The molecule has 0 aromatic heterocycles. The van der Waals surface area contributed by atoms with Crippen molar-refractivity contribution >= 4 is 5.91 Å². The molecule has 1 aliphatic heterocycles. The van der Waals surface area contributed by atoms with Crippen molar-refractivity contribution in [2.45, 2.75) is 76.0 Å². The second kappa shape index (κ2) is 6.85. The van der Waals surface area contributed by atoms with Crippen molar-refractivity contribution < 1.29 is 14.6 Å². The summed E-state index contributed by atoms with van der Waals surface area (Å²) < 4.78 is 6.00. The zero-order chi connectivity index (χ0) is 17.2. The van der Waals surface area contributed by atoms with Gasteiger partial charge in [-0.15, -0.1) is 0 Å². The van der Waals surface area contributed by atoms with Crippen LogP contribution >= 0.6 is 0 Å². The number of amides is 1. The molecule has 1 saturated carbocycles. The zero-order valence-electron chi connectivity index (χ0n) is 14.8. The highest BCUT2D eigenvalue weighted by Crippen LogP contribution is 2.40. The van der Waals surface area contributed by atoms with Gasteiger partial charge < -0.3 is 15.2 Å². The van der Waals surface area contributed by atoms with E-state index < -0.39 is 5.60 Å². The molecule has 24 heavy (non-hydrogen) atoms. The standard InChI is InChI=1S/C20H29NO3/c1-19(2,23)12-9-15-5-7-16(8-6-15)18(22)21-17-13-20(24-14-17)10-3-4-11-20/h5-8,17,23H,3-4,9-14H2,1-2H3,(H,21,22)/t17-/m1/s1. The third kappa shape index (κ3) is 4.37. The van der Waals surface area contributed by atoms with Crippen LogP contribution in [-0.4, -0.2) is 34.9 Å². The molecule has 1 amide bonds. The Labute approximate surface area is 144 Å². The smallest absolute Gasteiger partial charge is 0.251 e. The summed E-state index contributed by atoms with van der Waals surface area (Å²) in [6.45, 7) is 4.26. The number of hydrogen-bond acceptors (Lipinski definition) is 3. The van der Waals surface area contributed by atoms with Crippen LogP contribution in [0.2, 0.25) is 0 Å². The summed E-state index contributed by atoms with van der Waals surface area (Å²) in [6.07, 6.45) is 7.22. The summed E-state index contributed by atoms with van der Waals surface area (Å²) in [5.74, 6) is -0.0207. The van der Waals surface area contributed by atoms with Crippen LogP contribution in [-0.2, 0) is 11.2 Å². The van der Waals surface area contributed by atoms with Gasteiger partial charge in [0.15, 0.2) is 0 Å². The number of carbonyl (C=O) groups is 1. The van der Waals surface area contributed by atoms with Crippen molar-refractivity contribution in [1.82, 2.24) is 5.32 Å². The van der Waals surface area contributed by atoms with E-state index in [9.17, 15) is 9.90 Å². The van der Waals surface area contributed by atoms with Gasteiger partial charge in [-0.1, -0.05) is 25.0 Å². The molecule has 1 aliphatic carbocycles. The average Bonchev–Trinajstić information content (AvgIpc) is 3.15. The van der Waals surface area contributed by atoms with E-state index in [1.54, 1.807) is 0 Å². The Balaban J connectivity index is 1.52. The van der Waals surface area contributed by atoms with Crippen molar-refractivity contribution in [2.75, 3.05) is 6.61 Å². The summed E-state index contributed by atoms with van der Waals surface area (Å²) in [4.78, 5) is 12.4. The third-order valence-corrected chi connectivity index (χ3v) is 5.30. The summed E-state index contributed by atoms with van der Waals surface area (Å²) in [5, 5.41) is 12.9. The number of hydrogen-bond donors (Lipinski definition) is 2. The SMILES string of the molecule is CC(C)(O)CCc1ccc(C(=O)N[C@H]2COC3(CCCC3)C2)cc1. The lowest BCUT2D eigenvalue weighted by Crippen LogP contribution is -2.36. The van der Waals surface area contributed by atoms with Crippen LogP contribution in [0.1, 0.15) is 68.3 Å². The molecule has 0 radical (unpaired) electrons. The van der Waals surface area contributed by atoms with Gasteiger partial charge in [0, 0.05) is 5.56 Å². The first-order valence-electron chi connectivity index (χ1n) is 9.11. The average molecular weight is 331 g/mol. The molecule has 2 N–H and O–H groups in total. The van der Waals surface area contributed by atoms with E-state index in [0.717, 1.165) is 31.2 Å². The summed E-state index contributed by atoms with van der Waals surface area (Å²) >= 11 is 0. The van der Waals surface area contributed by atoms with Crippen molar-refractivity contribution in [3.05, 3.63) is 35.4 Å². The van der Waals surface area contributed by atoms with Gasteiger partial charge in [-0.25, -0.2) is 0 Å². The summed E-state index contributed by atoms with van der Waals surface area (Å²) in [7, 11) is 0. The van der Waals surface area contributed by atoms with Gasteiger partial charge in [-0.2, -0.15) is 0 Å². The number of aryl methyl sites for hydroxylation is 1. The Hall–Kier alpha value is -1.39. The van der Waals surface area contributed by atoms with Crippen molar-refractivity contribution in [3.8, 4) is 0 Å². The predicted octanol–water partition coefficient (Wildman–Crippen LogP) is 3.22. The van der Waals surface area contributed by atoms with Gasteiger partial charge in [-0.3, -0.25) is 4.79 Å². The second-order valence-electron chi connectivity index (χ2n) is 8.08. The number of carbonyl (C=O) groups excluding carboxylic acids is 1. The van der Waals surface area contributed by atoms with Crippen LogP contribution in [0, 0.1) is 0 Å². The monoisotopic (exact) mass is 331 g/mol. The van der Waals surface area contributed by atoms with E-state index in [0.29, 0.717) is 18.6 Å². The molecular weight excluding hydrogens is 302 g/mol. The molecule has 2 fully saturated rings. The fourth-order valence-corrected chi connectivity index (χ4v) is 3.85. The molecule has 0 bridgehead atoms. The van der Waals surface area contributed by atoms with E-state index in [2.05, 4.69) is 5.32 Å². The largest absolute Gasteiger partial charge is 0.390 e. The van der Waals surface area contributed by atoms with Crippen molar-refractivity contribution in [2.24, 2.45) is 0 Å². The quantitative estimate of drug-likeness (QED) is 0.871. The number of rotatable bonds is 5. The molecule has 4 heteroatoms. The molecule has 2 aliphatic rings. The number of benzene rings is 1. The van der Waals surface area contributed by atoms with Gasteiger partial charge >= 0.3 is 0 Å². The van der Waals surface area contributed by atoms with Crippen LogP contribution in [0.25, 0.3) is 0 Å². The van der Waals surface area contributed by atoms with E-state index in [1.807, 2.05) is 38.1 Å². The maximum Gasteiger partial charge on any atom is 0.251 e. The van der Waals surface area contributed by atoms with Gasteiger partial charge in [0.1, 0.15) is 0 Å². The normalized spacial score (nSPS) is 22.9. The Morgan fingerprint density at radius 2 is 1.96 bits per heavy atom. The summed E-state index contributed by atoms with van der Waals surface area (Å²) in [6, 6.07) is 7.83. The Kier molecular flexibility index (Phi) is 4.97. The molecule has 1 saturated heterocycles. The molecule has 0 unspecified atom stereocenters. The first-order chi connectivity index (χ1) is 11.4. The first-order valence-corrected chi connectivity index (χ1v) is 9.11. The highest BCUT2D eigenvalue weighted by atomic mass is 16.5. The van der Waals surface area contributed by atoms with Gasteiger partial charge in [0.2, 0.25) is 0 Å². The minimum absolute atomic E-state index is 0.0207. The zero-order valence-corrected chi connectivity index (χ0v) is 14.8. The van der Waals surface area contributed by atoms with E-state index in [4.69, 9.17) is 4.74 Å². The molecule has 1 spiro atoms. The van der Waals surface area contributed by atoms with Gasteiger partial charge in [0.05, 0.1) is 23.9 Å². The number of ether oxygens (including phenoxy) is 1. The van der Waals surface area contributed by atoms with Crippen LogP contribution in [0.15, 0.2) is 24.3 Å².